The average molecular weight is 362 g/mol. The van der Waals surface area contributed by atoms with Crippen LogP contribution in [0.4, 0.5) is 4.79 Å². The highest BCUT2D eigenvalue weighted by molar-refractivity contribution is 7.18. The summed E-state index contributed by atoms with van der Waals surface area (Å²) < 4.78 is 1.27. The van der Waals surface area contributed by atoms with Crippen molar-refractivity contribution in [2.45, 2.75) is 46.1 Å². The number of nitrogens with zero attached hydrogens (tertiary/aromatic N) is 2. The van der Waals surface area contributed by atoms with Gasteiger partial charge in [-0.3, -0.25) is 19.5 Å². The van der Waals surface area contributed by atoms with Gasteiger partial charge < -0.3 is 5.32 Å². The van der Waals surface area contributed by atoms with Gasteiger partial charge in [0.05, 0.1) is 11.7 Å². The first-order valence-corrected chi connectivity index (χ1v) is 9.38. The van der Waals surface area contributed by atoms with E-state index in [-0.39, 0.29) is 12.1 Å². The van der Waals surface area contributed by atoms with Gasteiger partial charge in [-0.05, 0) is 37.2 Å². The van der Waals surface area contributed by atoms with Gasteiger partial charge in [-0.2, -0.15) is 0 Å². The van der Waals surface area contributed by atoms with Crippen molar-refractivity contribution in [1.82, 2.24) is 20.2 Å². The van der Waals surface area contributed by atoms with Crippen LogP contribution in [-0.4, -0.2) is 28.0 Å². The predicted molar refractivity (Wildman–Crippen MR) is 96.9 cm³/mol. The normalized spacial score (nSPS) is 16.5. The molecule has 0 aliphatic heterocycles. The van der Waals surface area contributed by atoms with Crippen molar-refractivity contribution in [2.75, 3.05) is 6.54 Å². The van der Waals surface area contributed by atoms with Crippen molar-refractivity contribution in [2.24, 2.45) is 5.92 Å². The molecule has 2 aromatic heterocycles. The summed E-state index contributed by atoms with van der Waals surface area (Å²) >= 11 is 1.58. The fourth-order valence-corrected chi connectivity index (χ4v) is 4.42. The zero-order valence-corrected chi connectivity index (χ0v) is 15.2. The Morgan fingerprint density at radius 1 is 1.44 bits per heavy atom. The highest BCUT2D eigenvalue weighted by Gasteiger charge is 2.23. The molecule has 2 aromatic rings. The van der Waals surface area contributed by atoms with Crippen LogP contribution >= 0.6 is 11.3 Å². The van der Waals surface area contributed by atoms with Crippen LogP contribution in [0.2, 0.25) is 0 Å². The van der Waals surface area contributed by atoms with Gasteiger partial charge in [0.25, 0.3) is 5.56 Å². The number of aryl methyl sites for hydroxylation is 1. The van der Waals surface area contributed by atoms with E-state index in [1.54, 1.807) is 11.3 Å². The molecule has 0 aromatic carbocycles. The summed E-state index contributed by atoms with van der Waals surface area (Å²) in [6.45, 7) is 4.41. The molecule has 0 unspecified atom stereocenters. The third-order valence-corrected chi connectivity index (χ3v) is 5.55. The van der Waals surface area contributed by atoms with E-state index in [0.29, 0.717) is 17.8 Å². The summed E-state index contributed by atoms with van der Waals surface area (Å²) in [5.74, 6) is 0.0878. The van der Waals surface area contributed by atoms with Gasteiger partial charge >= 0.3 is 6.03 Å². The van der Waals surface area contributed by atoms with Gasteiger partial charge in [0.15, 0.2) is 0 Å². The van der Waals surface area contributed by atoms with Gasteiger partial charge in [0.2, 0.25) is 5.91 Å². The summed E-state index contributed by atoms with van der Waals surface area (Å²) in [5.41, 5.74) is 0.882. The van der Waals surface area contributed by atoms with E-state index in [0.717, 1.165) is 36.1 Å². The molecule has 0 fully saturated rings. The van der Waals surface area contributed by atoms with E-state index in [1.165, 1.54) is 15.8 Å². The molecule has 1 atom stereocenters. The molecular weight excluding hydrogens is 340 g/mol. The first kappa shape index (κ1) is 17.6. The number of carbonyl (C=O) groups excluding carboxylic acids is 2. The van der Waals surface area contributed by atoms with Crippen molar-refractivity contribution in [3.8, 4) is 0 Å². The maximum absolute atomic E-state index is 12.8. The number of fused-ring (bicyclic) bond motifs is 3. The number of aromatic nitrogens is 2. The molecule has 7 nitrogen and oxygen atoms in total. The summed E-state index contributed by atoms with van der Waals surface area (Å²) in [6, 6.07) is -0.546. The van der Waals surface area contributed by atoms with Crippen LogP contribution < -0.4 is 16.2 Å². The molecular formula is C17H22N4O3S. The monoisotopic (exact) mass is 362 g/mol. The fourth-order valence-electron chi connectivity index (χ4n) is 3.08. The molecule has 0 bridgehead atoms. The summed E-state index contributed by atoms with van der Waals surface area (Å²) in [5, 5.41) is 5.43. The number of hydrogen-bond donors (Lipinski definition) is 2. The number of imide groups is 1. The number of rotatable bonds is 4. The second-order valence-corrected chi connectivity index (χ2v) is 7.60. The molecule has 0 radical (unpaired) electrons. The lowest BCUT2D eigenvalue weighted by molar-refractivity contribution is -0.120. The zero-order chi connectivity index (χ0) is 18.0. The molecule has 134 valence electrons. The Balaban J connectivity index is 1.81. The summed E-state index contributed by atoms with van der Waals surface area (Å²) in [7, 11) is 0. The Morgan fingerprint density at radius 2 is 2.24 bits per heavy atom. The number of carbonyl (C=O) groups is 2. The van der Waals surface area contributed by atoms with Crippen molar-refractivity contribution in [3.05, 3.63) is 27.1 Å². The van der Waals surface area contributed by atoms with Gasteiger partial charge in [0, 0.05) is 11.4 Å². The molecule has 8 heteroatoms. The van der Waals surface area contributed by atoms with Gasteiger partial charge in [-0.1, -0.05) is 13.8 Å². The largest absolute Gasteiger partial charge is 0.338 e. The maximum atomic E-state index is 12.8. The standard InChI is InChI=1S/C17H22N4O3S/c1-3-6-18-17(24)20-13(22)8-21-9-19-15-14(16(21)23)11-5-4-10(2)7-12(11)25-15/h9-10H,3-8H2,1-2H3,(H2,18,20,22,24)/t10-/m0/s1. The smallest absolute Gasteiger partial charge is 0.321 e. The van der Waals surface area contributed by atoms with Crippen molar-refractivity contribution < 1.29 is 9.59 Å². The van der Waals surface area contributed by atoms with Gasteiger partial charge in [-0.15, -0.1) is 11.3 Å². The van der Waals surface area contributed by atoms with Crippen LogP contribution in [-0.2, 0) is 24.2 Å². The first-order chi connectivity index (χ1) is 12.0. The van der Waals surface area contributed by atoms with E-state index in [4.69, 9.17) is 0 Å². The number of amides is 3. The van der Waals surface area contributed by atoms with Crippen LogP contribution in [0.25, 0.3) is 10.2 Å². The topological polar surface area (TPSA) is 93.1 Å². The van der Waals surface area contributed by atoms with Gasteiger partial charge in [0.1, 0.15) is 11.4 Å². The third-order valence-electron chi connectivity index (χ3n) is 4.38. The molecule has 2 heterocycles. The maximum Gasteiger partial charge on any atom is 0.321 e. The predicted octanol–water partition coefficient (Wildman–Crippen LogP) is 1.82. The molecule has 1 aliphatic rings. The minimum atomic E-state index is -0.546. The molecule has 3 rings (SSSR count). The van der Waals surface area contributed by atoms with Crippen molar-refractivity contribution in [3.63, 3.8) is 0 Å². The average Bonchev–Trinajstić information content (AvgIpc) is 2.93. The minimum absolute atomic E-state index is 0.207. The minimum Gasteiger partial charge on any atom is -0.338 e. The van der Waals surface area contributed by atoms with Crippen LogP contribution in [0.5, 0.6) is 0 Å². The lowest BCUT2D eigenvalue weighted by Gasteiger charge is -2.17. The molecule has 0 spiro atoms. The van der Waals surface area contributed by atoms with Crippen LogP contribution in [0, 0.1) is 5.92 Å². The van der Waals surface area contributed by atoms with Crippen LogP contribution in [0.3, 0.4) is 0 Å². The SMILES string of the molecule is CCCNC(=O)NC(=O)Cn1cnc2sc3c(c2c1=O)CC[C@H](C)C3. The molecule has 2 N–H and O–H groups in total. The highest BCUT2D eigenvalue weighted by atomic mass is 32.1. The Labute approximate surface area is 149 Å². The molecule has 0 saturated heterocycles. The Hall–Kier alpha value is -2.22. The molecule has 25 heavy (non-hydrogen) atoms. The number of thiophene rings is 1. The molecule has 1 aliphatic carbocycles. The van der Waals surface area contributed by atoms with Crippen molar-refractivity contribution in [1.29, 1.82) is 0 Å². The Kier molecular flexibility index (Phi) is 5.17. The van der Waals surface area contributed by atoms with E-state index in [1.807, 2.05) is 6.92 Å². The van der Waals surface area contributed by atoms with E-state index < -0.39 is 11.9 Å². The zero-order valence-electron chi connectivity index (χ0n) is 14.4. The van der Waals surface area contributed by atoms with Gasteiger partial charge in [-0.25, -0.2) is 9.78 Å². The number of nitrogens with one attached hydrogen (secondary N) is 2. The quantitative estimate of drug-likeness (QED) is 0.868. The lowest BCUT2D eigenvalue weighted by Crippen LogP contribution is -2.42. The molecule has 0 saturated carbocycles. The Morgan fingerprint density at radius 3 is 3.00 bits per heavy atom. The van der Waals surface area contributed by atoms with Crippen molar-refractivity contribution >= 4 is 33.5 Å². The lowest BCUT2D eigenvalue weighted by atomic mass is 9.89. The Bertz CT molecular complexity index is 871. The second kappa shape index (κ2) is 7.35. The fraction of sp³-hybridized carbons (Fsp3) is 0.529. The second-order valence-electron chi connectivity index (χ2n) is 6.51. The first-order valence-electron chi connectivity index (χ1n) is 8.57. The summed E-state index contributed by atoms with van der Waals surface area (Å²) in [4.78, 5) is 42.6. The van der Waals surface area contributed by atoms with E-state index in [9.17, 15) is 14.4 Å². The number of hydrogen-bond acceptors (Lipinski definition) is 5. The number of urea groups is 1. The van der Waals surface area contributed by atoms with E-state index >= 15 is 0 Å². The van der Waals surface area contributed by atoms with E-state index in [2.05, 4.69) is 22.5 Å². The van der Waals surface area contributed by atoms with Crippen LogP contribution in [0.15, 0.2) is 11.1 Å². The molecule has 3 amide bonds. The summed E-state index contributed by atoms with van der Waals surface area (Å²) in [6.07, 6.45) is 5.09. The van der Waals surface area contributed by atoms with Crippen LogP contribution in [0.1, 0.15) is 37.1 Å². The highest BCUT2D eigenvalue weighted by Crippen LogP contribution is 2.35. The third kappa shape index (κ3) is 3.73.